The summed E-state index contributed by atoms with van der Waals surface area (Å²) in [5.41, 5.74) is 8.92. The highest BCUT2D eigenvalue weighted by Gasteiger charge is 2.13. The van der Waals surface area contributed by atoms with Crippen LogP contribution in [0.1, 0.15) is 11.1 Å². The molecule has 0 amide bonds. The molecule has 2 rings (SSSR count). The fourth-order valence-electron chi connectivity index (χ4n) is 2.32. The second kappa shape index (κ2) is 6.64. The molecule has 0 saturated heterocycles. The molecule has 0 unspecified atom stereocenters. The van der Waals surface area contributed by atoms with E-state index >= 15 is 0 Å². The van der Waals surface area contributed by atoms with Crippen molar-refractivity contribution in [3.05, 3.63) is 58.6 Å². The first kappa shape index (κ1) is 14.7. The molecule has 0 bridgehead atoms. The normalized spacial score (nSPS) is 10.4. The van der Waals surface area contributed by atoms with Gasteiger partial charge in [0.1, 0.15) is 5.75 Å². The maximum absolute atomic E-state index is 6.31. The number of halogens is 1. The maximum Gasteiger partial charge on any atom is 0.123 e. The van der Waals surface area contributed by atoms with Gasteiger partial charge < -0.3 is 15.4 Å². The molecule has 2 aromatic carbocycles. The Bertz CT molecular complexity index is 586. The van der Waals surface area contributed by atoms with Crippen LogP contribution >= 0.6 is 11.6 Å². The molecular weight excluding hydrogens is 272 g/mol. The summed E-state index contributed by atoms with van der Waals surface area (Å²) in [5, 5.41) is 0.713. The number of para-hydroxylation sites is 2. The molecule has 3 nitrogen and oxygen atoms in total. The van der Waals surface area contributed by atoms with E-state index in [4.69, 9.17) is 22.1 Å². The van der Waals surface area contributed by atoms with Crippen LogP contribution in [0.3, 0.4) is 0 Å². The fraction of sp³-hybridized carbons (Fsp3) is 0.250. The molecule has 0 aliphatic rings. The van der Waals surface area contributed by atoms with Gasteiger partial charge in [0.2, 0.25) is 0 Å². The lowest BCUT2D eigenvalue weighted by Crippen LogP contribution is -2.19. The number of ether oxygens (including phenoxy) is 1. The van der Waals surface area contributed by atoms with Crippen LogP contribution in [0.2, 0.25) is 5.02 Å². The van der Waals surface area contributed by atoms with Crippen LogP contribution < -0.4 is 15.4 Å². The molecule has 0 atom stereocenters. The van der Waals surface area contributed by atoms with Crippen molar-refractivity contribution in [2.24, 2.45) is 5.73 Å². The first-order valence-electron chi connectivity index (χ1n) is 6.48. The van der Waals surface area contributed by atoms with Gasteiger partial charge in [-0.2, -0.15) is 0 Å². The zero-order valence-corrected chi connectivity index (χ0v) is 12.5. The van der Waals surface area contributed by atoms with Gasteiger partial charge in [-0.15, -0.1) is 0 Å². The van der Waals surface area contributed by atoms with Crippen molar-refractivity contribution in [3.63, 3.8) is 0 Å². The summed E-state index contributed by atoms with van der Waals surface area (Å²) in [6.45, 7) is 1.17. The molecule has 2 aromatic rings. The van der Waals surface area contributed by atoms with E-state index in [1.165, 1.54) is 0 Å². The molecule has 0 spiro atoms. The monoisotopic (exact) mass is 290 g/mol. The fourth-order valence-corrected chi connectivity index (χ4v) is 2.66. The summed E-state index contributed by atoms with van der Waals surface area (Å²) in [6, 6.07) is 13.8. The van der Waals surface area contributed by atoms with E-state index in [0.717, 1.165) is 22.6 Å². The van der Waals surface area contributed by atoms with Crippen molar-refractivity contribution in [3.8, 4) is 5.75 Å². The summed E-state index contributed by atoms with van der Waals surface area (Å²) in [7, 11) is 3.69. The van der Waals surface area contributed by atoms with Gasteiger partial charge in [-0.25, -0.2) is 0 Å². The summed E-state index contributed by atoms with van der Waals surface area (Å²) in [6.07, 6.45) is 0. The Morgan fingerprint density at radius 1 is 1.10 bits per heavy atom. The molecule has 2 N–H and O–H groups in total. The number of benzene rings is 2. The van der Waals surface area contributed by atoms with Crippen molar-refractivity contribution in [1.82, 2.24) is 0 Å². The molecule has 0 saturated carbocycles. The van der Waals surface area contributed by atoms with E-state index in [9.17, 15) is 0 Å². The average molecular weight is 291 g/mol. The van der Waals surface area contributed by atoms with E-state index in [0.29, 0.717) is 18.1 Å². The third-order valence-electron chi connectivity index (χ3n) is 3.27. The molecule has 0 aliphatic heterocycles. The van der Waals surface area contributed by atoms with Gasteiger partial charge in [0.15, 0.2) is 0 Å². The number of methoxy groups -OCH3 is 1. The van der Waals surface area contributed by atoms with Crippen LogP contribution in [0, 0.1) is 0 Å². The lowest BCUT2D eigenvalue weighted by atomic mass is 10.1. The molecule has 0 aliphatic carbocycles. The van der Waals surface area contributed by atoms with Gasteiger partial charge in [-0.1, -0.05) is 41.9 Å². The summed E-state index contributed by atoms with van der Waals surface area (Å²) >= 11 is 6.31. The number of hydrogen-bond donors (Lipinski definition) is 1. The zero-order valence-electron chi connectivity index (χ0n) is 11.8. The van der Waals surface area contributed by atoms with Gasteiger partial charge >= 0.3 is 0 Å². The second-order valence-corrected chi connectivity index (χ2v) is 5.03. The first-order valence-corrected chi connectivity index (χ1v) is 6.85. The Kier molecular flexibility index (Phi) is 4.88. The van der Waals surface area contributed by atoms with Gasteiger partial charge in [-0.05, 0) is 17.7 Å². The Labute approximate surface area is 124 Å². The Balaban J connectivity index is 2.31. The average Bonchev–Trinajstić information content (AvgIpc) is 2.47. The summed E-state index contributed by atoms with van der Waals surface area (Å²) in [4.78, 5) is 2.10. The van der Waals surface area contributed by atoms with Crippen molar-refractivity contribution >= 4 is 17.3 Å². The highest BCUT2D eigenvalue weighted by atomic mass is 35.5. The number of nitrogens with zero attached hydrogens (tertiary/aromatic N) is 1. The van der Waals surface area contributed by atoms with E-state index < -0.39 is 0 Å². The molecule has 4 heteroatoms. The Hall–Kier alpha value is -1.71. The number of rotatable bonds is 5. The minimum absolute atomic E-state index is 0.464. The first-order chi connectivity index (χ1) is 9.67. The van der Waals surface area contributed by atoms with Gasteiger partial charge in [0, 0.05) is 25.7 Å². The van der Waals surface area contributed by atoms with Gasteiger partial charge in [0.25, 0.3) is 0 Å². The van der Waals surface area contributed by atoms with Crippen LogP contribution in [0.5, 0.6) is 5.75 Å². The molecule has 0 heterocycles. The van der Waals surface area contributed by atoms with E-state index in [2.05, 4.69) is 4.90 Å². The topological polar surface area (TPSA) is 38.5 Å². The third kappa shape index (κ3) is 3.06. The van der Waals surface area contributed by atoms with Crippen molar-refractivity contribution in [1.29, 1.82) is 0 Å². The van der Waals surface area contributed by atoms with Crippen LogP contribution in [-0.4, -0.2) is 14.2 Å². The lowest BCUT2D eigenvalue weighted by Gasteiger charge is -2.24. The van der Waals surface area contributed by atoms with Crippen molar-refractivity contribution < 1.29 is 4.74 Å². The van der Waals surface area contributed by atoms with E-state index in [1.807, 2.05) is 49.5 Å². The smallest absolute Gasteiger partial charge is 0.123 e. The summed E-state index contributed by atoms with van der Waals surface area (Å²) < 4.78 is 5.38. The number of nitrogens with two attached hydrogens (primary N) is 1. The Morgan fingerprint density at radius 2 is 1.80 bits per heavy atom. The van der Waals surface area contributed by atoms with Crippen molar-refractivity contribution in [2.75, 3.05) is 19.1 Å². The van der Waals surface area contributed by atoms with E-state index in [1.54, 1.807) is 7.11 Å². The van der Waals surface area contributed by atoms with Crippen LogP contribution in [0.25, 0.3) is 0 Å². The standard InChI is InChI=1S/C16H19ClN2O/c1-19(11-13-6-3-4-9-15(13)20-2)16-12(10-18)7-5-8-14(16)17/h3-9H,10-11,18H2,1-2H3. The molecule has 106 valence electrons. The molecule has 0 aromatic heterocycles. The number of anilines is 1. The number of hydrogen-bond acceptors (Lipinski definition) is 3. The molecular formula is C16H19ClN2O. The van der Waals surface area contributed by atoms with Crippen LogP contribution in [-0.2, 0) is 13.1 Å². The lowest BCUT2D eigenvalue weighted by molar-refractivity contribution is 0.409. The van der Waals surface area contributed by atoms with Gasteiger partial charge in [0.05, 0.1) is 17.8 Å². The second-order valence-electron chi connectivity index (χ2n) is 4.62. The molecule has 0 fully saturated rings. The van der Waals surface area contributed by atoms with Gasteiger partial charge in [-0.3, -0.25) is 0 Å². The predicted molar refractivity (Wildman–Crippen MR) is 84.4 cm³/mol. The highest BCUT2D eigenvalue weighted by molar-refractivity contribution is 6.33. The van der Waals surface area contributed by atoms with Crippen LogP contribution in [0.15, 0.2) is 42.5 Å². The zero-order chi connectivity index (χ0) is 14.5. The SMILES string of the molecule is COc1ccccc1CN(C)c1c(Cl)cccc1CN. The van der Waals surface area contributed by atoms with Crippen molar-refractivity contribution in [2.45, 2.75) is 13.1 Å². The molecule has 20 heavy (non-hydrogen) atoms. The largest absolute Gasteiger partial charge is 0.496 e. The maximum atomic E-state index is 6.31. The summed E-state index contributed by atoms with van der Waals surface area (Å²) in [5.74, 6) is 0.876. The minimum Gasteiger partial charge on any atom is -0.496 e. The highest BCUT2D eigenvalue weighted by Crippen LogP contribution is 2.31. The predicted octanol–water partition coefficient (Wildman–Crippen LogP) is 3.44. The Morgan fingerprint density at radius 3 is 2.50 bits per heavy atom. The van der Waals surface area contributed by atoms with E-state index in [-0.39, 0.29) is 0 Å². The minimum atomic E-state index is 0.464. The molecule has 0 radical (unpaired) electrons. The quantitative estimate of drug-likeness (QED) is 0.917. The third-order valence-corrected chi connectivity index (χ3v) is 3.58. The van der Waals surface area contributed by atoms with Crippen LogP contribution in [0.4, 0.5) is 5.69 Å².